The Morgan fingerprint density at radius 3 is 1.69 bits per heavy atom. The molecule has 1 fully saturated rings. The molecule has 0 bridgehead atoms. The molecule has 616 valence electrons. The minimum atomic E-state index is -5.08. The van der Waals surface area contributed by atoms with Crippen molar-refractivity contribution in [2.75, 3.05) is 19.7 Å². The summed E-state index contributed by atoms with van der Waals surface area (Å²) in [6, 6.07) is -3.19. The molecule has 0 spiro atoms. The number of nitrogens with two attached hydrogens (primary N) is 3. The lowest BCUT2D eigenvalue weighted by Crippen LogP contribution is -2.64. The van der Waals surface area contributed by atoms with Crippen molar-refractivity contribution in [3.8, 4) is 0 Å². The summed E-state index contributed by atoms with van der Waals surface area (Å²) in [7, 11) is 0. The number of nitrogens with zero attached hydrogens (tertiary/aromatic N) is 1. The number of hydrogen-bond acceptors (Lipinski definition) is 22. The number of esters is 1. The van der Waals surface area contributed by atoms with Crippen LogP contribution in [0, 0.1) is 23.7 Å². The first-order chi connectivity index (χ1) is 51.1. The van der Waals surface area contributed by atoms with Crippen LogP contribution in [0.3, 0.4) is 0 Å². The SMILES string of the molecule is CC[C@H](C)C1NC(=O)[C@@H](CCCN=C(N)N)NC(=O)[C@H](CC(C)C)NC(=O)[C@H]([C@H](O)C(C)C)NC(=O)[C@@H](NC(=O)[C@H](CC(C)C)NC(=O)[C@H](NC(=O)OC(C)(C)C)[C@H](C)OCc2ccccc2)[C@@H](c2ccccc2)OC(=O)[C@H](CO)NC(=O)[C@H]([C@H](O)C(N)=O)NC(=O)CNC(=O)C([C@H](C)O)NC1=O.O=C(O)C(F)(F)F. The molecule has 1 heterocycles. The number of aliphatic hydroxyl groups is 4. The van der Waals surface area contributed by atoms with Crippen LogP contribution in [0.4, 0.5) is 18.0 Å². The Bertz CT molecular complexity index is 3460. The van der Waals surface area contributed by atoms with Crippen molar-refractivity contribution in [3.05, 3.63) is 71.8 Å². The van der Waals surface area contributed by atoms with E-state index in [1.165, 1.54) is 51.1 Å². The van der Waals surface area contributed by atoms with Crippen molar-refractivity contribution < 1.29 is 120 Å². The molecular formula is C70H108F3N15O22. The number of rotatable bonds is 26. The molecule has 37 nitrogen and oxygen atoms in total. The molecule has 3 rings (SSSR count). The van der Waals surface area contributed by atoms with E-state index >= 15 is 14.4 Å². The van der Waals surface area contributed by atoms with Crippen molar-refractivity contribution in [1.29, 1.82) is 0 Å². The second kappa shape index (κ2) is 45.6. The molecule has 12 amide bonds. The first-order valence-corrected chi connectivity index (χ1v) is 35.3. The minimum Gasteiger partial charge on any atom is -0.475 e. The highest BCUT2D eigenvalue weighted by Crippen LogP contribution is 2.25. The van der Waals surface area contributed by atoms with Gasteiger partial charge in [-0.05, 0) is 95.1 Å². The van der Waals surface area contributed by atoms with Gasteiger partial charge in [-0.25, -0.2) is 14.4 Å². The fraction of sp³-hybridized carbons (Fsp3) is 0.614. The molecular weight excluding hydrogens is 1460 g/mol. The third kappa shape index (κ3) is 33.3. The van der Waals surface area contributed by atoms with Crippen LogP contribution in [0.1, 0.15) is 139 Å². The molecule has 0 saturated carbocycles. The molecule has 1 saturated heterocycles. The van der Waals surface area contributed by atoms with Crippen molar-refractivity contribution in [1.82, 2.24) is 58.5 Å². The molecule has 0 aromatic heterocycles. The quantitative estimate of drug-likeness (QED) is 0.0198. The minimum absolute atomic E-state index is 0.0224. The number of aliphatic carboxylic acids is 1. The molecule has 0 aliphatic carbocycles. The Balaban J connectivity index is 0.00000557. The zero-order valence-electron chi connectivity index (χ0n) is 63.6. The van der Waals surface area contributed by atoms with Gasteiger partial charge in [0, 0.05) is 6.54 Å². The smallest absolute Gasteiger partial charge is 0.475 e. The number of carboxylic acid groups (broad SMARTS) is 1. The summed E-state index contributed by atoms with van der Waals surface area (Å²) < 4.78 is 49.3. The summed E-state index contributed by atoms with van der Waals surface area (Å²) in [5, 5.41) is 78.2. The van der Waals surface area contributed by atoms with E-state index in [-0.39, 0.29) is 56.8 Å². The number of alkyl carbamates (subject to hydrolysis) is 1. The number of aliphatic hydroxyl groups excluding tert-OH is 4. The van der Waals surface area contributed by atoms with Crippen LogP contribution in [-0.4, -0.2) is 231 Å². The van der Waals surface area contributed by atoms with Gasteiger partial charge in [0.05, 0.1) is 38.1 Å². The summed E-state index contributed by atoms with van der Waals surface area (Å²) >= 11 is 0. The highest BCUT2D eigenvalue weighted by molar-refractivity contribution is 6.00. The molecule has 22 N–H and O–H groups in total. The van der Waals surface area contributed by atoms with Gasteiger partial charge >= 0.3 is 24.2 Å². The van der Waals surface area contributed by atoms with Crippen molar-refractivity contribution in [3.63, 3.8) is 0 Å². The lowest BCUT2D eigenvalue weighted by molar-refractivity contribution is -0.192. The molecule has 0 radical (unpaired) electrons. The van der Waals surface area contributed by atoms with Crippen LogP contribution in [0.25, 0.3) is 0 Å². The maximum absolute atomic E-state index is 15.7. The van der Waals surface area contributed by atoms with Crippen molar-refractivity contribution in [2.45, 2.75) is 231 Å². The number of primary amides is 1. The second-order valence-electron chi connectivity index (χ2n) is 28.2. The number of alkyl halides is 3. The van der Waals surface area contributed by atoms with E-state index in [0.717, 1.165) is 6.92 Å². The molecule has 1 aliphatic heterocycles. The van der Waals surface area contributed by atoms with Gasteiger partial charge in [0.2, 0.25) is 65.0 Å². The van der Waals surface area contributed by atoms with Crippen LogP contribution in [-0.2, 0) is 83.1 Å². The summed E-state index contributed by atoms with van der Waals surface area (Å²) in [5.41, 5.74) is 16.0. The standard InChI is InChI=1S/C68H107N15O20.C2HF3O2/c1-14-36(8)46-60(94)80-47(37(9)85)59(93)73-30-45(86)78-50(53(88)55(69)89)63(97)77-44(31-84)65(99)102-54(40-24-19-16-20-25-40)51(82-58(92)43(29-34(4)5)75-61(95)48(83-67(100)103-68(11,12)13)38(10)101-32-39-22-17-15-18-23-39)64(98)81-49(52(87)35(6)7)62(96)76-42(28-33(2)3)57(91)74-41(56(90)79-46)26-21-27-72-66(70)71;3-2(4,5)1(6)7/h15-20,22-25,33-38,41-44,46-54,84-85,87-88H,14,21,26-32H2,1-13H3,(H2,69,89)(H,73,93)(H,74,91)(H,75,95)(H,76,96)(H,77,97)(H,78,86)(H,79,90)(H,80,94)(H,81,98)(H,82,92)(H,83,100)(H4,70,71,72);(H,6,7)/t36-,37-,38-,41+,42-,43-,44-,46?,47?,48+,49-,50-,51-,52+,53-,54+;/m0./s1. The molecule has 2 unspecified atom stereocenters. The summed E-state index contributed by atoms with van der Waals surface area (Å²) in [6.45, 7) is 17.6. The van der Waals surface area contributed by atoms with Crippen LogP contribution in [0.5, 0.6) is 0 Å². The van der Waals surface area contributed by atoms with Gasteiger partial charge in [0.1, 0.15) is 60.0 Å². The number of carbonyl (C=O) groups is 14. The highest BCUT2D eigenvalue weighted by atomic mass is 19.4. The van der Waals surface area contributed by atoms with Gasteiger partial charge in [0.25, 0.3) is 0 Å². The Kier molecular flexibility index (Phi) is 39.7. The maximum atomic E-state index is 15.7. The maximum Gasteiger partial charge on any atom is 0.490 e. The Morgan fingerprint density at radius 1 is 0.655 bits per heavy atom. The molecule has 110 heavy (non-hydrogen) atoms. The number of cyclic esters (lactones) is 1. The largest absolute Gasteiger partial charge is 0.490 e. The molecule has 2 aromatic carbocycles. The number of carboxylic acids is 1. The van der Waals surface area contributed by atoms with Crippen molar-refractivity contribution >= 4 is 89.0 Å². The van der Waals surface area contributed by atoms with Crippen LogP contribution in [0.15, 0.2) is 65.7 Å². The van der Waals surface area contributed by atoms with Crippen LogP contribution < -0.4 is 75.7 Å². The number of aliphatic imine (C=N–C) groups is 1. The fourth-order valence-electron chi connectivity index (χ4n) is 10.3. The number of amides is 12. The zero-order chi connectivity index (χ0) is 83.8. The van der Waals surface area contributed by atoms with E-state index in [1.807, 2.05) is 10.6 Å². The molecule has 16 atom stereocenters. The molecule has 1 aliphatic rings. The van der Waals surface area contributed by atoms with E-state index in [4.69, 9.17) is 41.3 Å². The van der Waals surface area contributed by atoms with Crippen LogP contribution >= 0.6 is 0 Å². The number of halogens is 3. The van der Waals surface area contributed by atoms with Gasteiger partial charge in [-0.3, -0.25) is 57.7 Å². The van der Waals surface area contributed by atoms with Crippen molar-refractivity contribution in [2.24, 2.45) is 45.9 Å². The highest BCUT2D eigenvalue weighted by Gasteiger charge is 2.45. The number of nitrogens with one attached hydrogen (secondary N) is 11. The van der Waals surface area contributed by atoms with E-state index in [1.54, 1.807) is 92.6 Å². The third-order valence-electron chi connectivity index (χ3n) is 16.4. The van der Waals surface area contributed by atoms with Gasteiger partial charge in [-0.2, -0.15) is 13.2 Å². The van der Waals surface area contributed by atoms with Gasteiger partial charge in [0.15, 0.2) is 24.2 Å². The summed E-state index contributed by atoms with van der Waals surface area (Å²) in [6.07, 6.45) is -16.0. The average Bonchev–Trinajstić information content (AvgIpc) is 0.810. The number of carbonyl (C=O) groups excluding carboxylic acids is 13. The monoisotopic (exact) mass is 1570 g/mol. The summed E-state index contributed by atoms with van der Waals surface area (Å²) in [5.74, 6) is -20.9. The van der Waals surface area contributed by atoms with Gasteiger partial charge < -0.3 is 115 Å². The lowest BCUT2D eigenvalue weighted by Gasteiger charge is -2.34. The third-order valence-corrected chi connectivity index (χ3v) is 16.4. The van der Waals surface area contributed by atoms with E-state index in [2.05, 4.69) is 52.8 Å². The van der Waals surface area contributed by atoms with E-state index < -0.39 is 223 Å². The Labute approximate surface area is 634 Å². The van der Waals surface area contributed by atoms with E-state index in [0.29, 0.717) is 5.56 Å². The number of benzene rings is 2. The number of hydrogen-bond donors (Lipinski definition) is 19. The molecule has 40 heteroatoms. The number of ether oxygens (including phenoxy) is 3. The first-order valence-electron chi connectivity index (χ1n) is 35.3. The zero-order valence-corrected chi connectivity index (χ0v) is 63.6. The Morgan fingerprint density at radius 2 is 1.18 bits per heavy atom. The first kappa shape index (κ1) is 95.8. The second-order valence-corrected chi connectivity index (χ2v) is 28.2. The Hall–Kier alpha value is -10.3. The van der Waals surface area contributed by atoms with E-state index in [9.17, 15) is 81.5 Å². The average molecular weight is 1570 g/mol. The lowest BCUT2D eigenvalue weighted by atomic mass is 9.95. The fourth-order valence-corrected chi connectivity index (χ4v) is 10.3. The van der Waals surface area contributed by atoms with Gasteiger partial charge in [-0.1, -0.05) is 122 Å². The van der Waals surface area contributed by atoms with Crippen LogP contribution in [0.2, 0.25) is 0 Å². The predicted molar refractivity (Wildman–Crippen MR) is 386 cm³/mol. The van der Waals surface area contributed by atoms with Gasteiger partial charge in [-0.15, -0.1) is 0 Å². The normalized spacial score (nSPS) is 22.6. The predicted octanol–water partition coefficient (Wildman–Crippen LogP) is -2.68. The molecule has 2 aromatic rings. The number of guanidine groups is 1. The topological polar surface area (TPSA) is 591 Å². The summed E-state index contributed by atoms with van der Waals surface area (Å²) in [4.78, 5) is 200.